The van der Waals surface area contributed by atoms with E-state index in [2.05, 4.69) is 79.7 Å². The van der Waals surface area contributed by atoms with Crippen molar-refractivity contribution in [2.75, 3.05) is 32.7 Å². The normalized spacial score (nSPS) is 17.8. The number of nitrogens with zero attached hydrogens (tertiary/aromatic N) is 5. The van der Waals surface area contributed by atoms with E-state index in [0.717, 1.165) is 51.3 Å². The highest BCUT2D eigenvalue weighted by Crippen LogP contribution is 2.23. The number of nitrogens with one attached hydrogen (secondary N) is 1. The smallest absolute Gasteiger partial charge is 0.123 e. The molecule has 2 aromatic heterocycles. The first-order valence-corrected chi connectivity index (χ1v) is 11.5. The predicted molar refractivity (Wildman–Crippen MR) is 128 cm³/mol. The molecule has 1 aliphatic heterocycles. The van der Waals surface area contributed by atoms with E-state index in [1.54, 1.807) is 12.7 Å². The van der Waals surface area contributed by atoms with Gasteiger partial charge in [0.15, 0.2) is 0 Å². The van der Waals surface area contributed by atoms with Gasteiger partial charge in [-0.15, -0.1) is 10.2 Å². The zero-order valence-corrected chi connectivity index (χ0v) is 18.4. The van der Waals surface area contributed by atoms with Crippen LogP contribution in [0.3, 0.4) is 0 Å². The van der Waals surface area contributed by atoms with E-state index < -0.39 is 0 Å². The van der Waals surface area contributed by atoms with Crippen LogP contribution < -0.4 is 5.73 Å². The molecule has 1 saturated heterocycles. The van der Waals surface area contributed by atoms with Crippen molar-refractivity contribution in [3.05, 3.63) is 78.5 Å². The van der Waals surface area contributed by atoms with Gasteiger partial charge in [0.1, 0.15) is 12.7 Å². The molecule has 0 saturated carbocycles. The fourth-order valence-corrected chi connectivity index (χ4v) is 4.80. The third-order valence-corrected chi connectivity index (χ3v) is 6.57. The Morgan fingerprint density at radius 3 is 2.69 bits per heavy atom. The highest BCUT2D eigenvalue weighted by Gasteiger charge is 2.25. The van der Waals surface area contributed by atoms with Crippen molar-refractivity contribution in [2.24, 2.45) is 5.73 Å². The van der Waals surface area contributed by atoms with Crippen LogP contribution in [-0.2, 0) is 13.0 Å². The average Bonchev–Trinajstić information content (AvgIpc) is 3.51. The number of aryl methyl sites for hydroxylation is 1. The molecule has 1 atom stereocenters. The Morgan fingerprint density at radius 1 is 1.03 bits per heavy atom. The van der Waals surface area contributed by atoms with Crippen molar-refractivity contribution in [1.29, 1.82) is 0 Å². The minimum absolute atomic E-state index is 0.427. The summed E-state index contributed by atoms with van der Waals surface area (Å²) in [5.74, 6) is 0. The molecule has 0 radical (unpaired) electrons. The maximum absolute atomic E-state index is 6.17. The highest BCUT2D eigenvalue weighted by molar-refractivity contribution is 5.85. The van der Waals surface area contributed by atoms with Crippen LogP contribution in [-0.4, -0.2) is 68.3 Å². The van der Waals surface area contributed by atoms with Gasteiger partial charge in [-0.2, -0.15) is 0 Å². The van der Waals surface area contributed by atoms with Crippen LogP contribution in [0.15, 0.2) is 67.4 Å². The molecule has 32 heavy (non-hydrogen) atoms. The van der Waals surface area contributed by atoms with Crippen molar-refractivity contribution in [3.8, 4) is 5.69 Å². The molecule has 2 aromatic carbocycles. The first kappa shape index (κ1) is 20.9. The predicted octanol–water partition coefficient (Wildman–Crippen LogP) is 2.83. The lowest BCUT2D eigenvalue weighted by Crippen LogP contribution is -2.55. The van der Waals surface area contributed by atoms with Crippen molar-refractivity contribution >= 4 is 10.9 Å². The molecule has 4 aromatic rings. The van der Waals surface area contributed by atoms with Gasteiger partial charge in [-0.3, -0.25) is 14.4 Å². The number of nitrogens with two attached hydrogens (primary N) is 1. The highest BCUT2D eigenvalue weighted by atomic mass is 15.3. The lowest BCUT2D eigenvalue weighted by Gasteiger charge is -2.41. The number of aromatic nitrogens is 4. The Hall–Kier alpha value is -3.00. The summed E-state index contributed by atoms with van der Waals surface area (Å²) in [5.41, 5.74) is 11.2. The van der Waals surface area contributed by atoms with E-state index in [1.165, 1.54) is 22.0 Å². The Labute approximate surface area is 188 Å². The summed E-state index contributed by atoms with van der Waals surface area (Å²) in [4.78, 5) is 8.54. The van der Waals surface area contributed by atoms with E-state index in [0.29, 0.717) is 12.6 Å². The maximum atomic E-state index is 6.17. The summed E-state index contributed by atoms with van der Waals surface area (Å²) in [6.07, 6.45) is 7.79. The zero-order chi connectivity index (χ0) is 21.8. The number of aromatic amines is 1. The summed E-state index contributed by atoms with van der Waals surface area (Å²) >= 11 is 0. The van der Waals surface area contributed by atoms with Crippen molar-refractivity contribution in [3.63, 3.8) is 0 Å². The van der Waals surface area contributed by atoms with Gasteiger partial charge in [0, 0.05) is 61.6 Å². The molecule has 0 aliphatic carbocycles. The number of rotatable bonds is 8. The fourth-order valence-electron chi connectivity index (χ4n) is 4.80. The number of benzene rings is 2. The minimum atomic E-state index is 0.427. The third kappa shape index (κ3) is 4.60. The number of hydrogen-bond acceptors (Lipinski definition) is 5. The number of piperazine rings is 1. The quantitative estimate of drug-likeness (QED) is 0.450. The topological polar surface area (TPSA) is 79.0 Å². The van der Waals surface area contributed by atoms with Crippen LogP contribution in [0.4, 0.5) is 0 Å². The van der Waals surface area contributed by atoms with Gasteiger partial charge in [-0.05, 0) is 48.7 Å². The average molecular weight is 430 g/mol. The number of H-pyrrole nitrogens is 1. The minimum Gasteiger partial charge on any atom is -0.361 e. The SMILES string of the molecule is NCC1CN(Cc2ccccc2)CCN1CCCc1c[nH]c2ccc(-n3cnnc3)cc12. The second-order valence-corrected chi connectivity index (χ2v) is 8.66. The molecule has 0 spiro atoms. The van der Waals surface area contributed by atoms with Gasteiger partial charge in [-0.1, -0.05) is 30.3 Å². The Kier molecular flexibility index (Phi) is 6.29. The molecule has 3 N–H and O–H groups in total. The van der Waals surface area contributed by atoms with Gasteiger partial charge >= 0.3 is 0 Å². The summed E-state index contributed by atoms with van der Waals surface area (Å²) in [6.45, 7) is 6.02. The van der Waals surface area contributed by atoms with Crippen LogP contribution in [0.25, 0.3) is 16.6 Å². The summed E-state index contributed by atoms with van der Waals surface area (Å²) < 4.78 is 1.94. The molecule has 5 rings (SSSR count). The molecule has 7 heteroatoms. The second kappa shape index (κ2) is 9.65. The lowest BCUT2D eigenvalue weighted by atomic mass is 10.1. The molecule has 0 bridgehead atoms. The van der Waals surface area contributed by atoms with Crippen LogP contribution in [0.1, 0.15) is 17.5 Å². The molecule has 0 amide bonds. The van der Waals surface area contributed by atoms with Gasteiger partial charge < -0.3 is 10.7 Å². The molecule has 166 valence electrons. The van der Waals surface area contributed by atoms with Crippen molar-refractivity contribution < 1.29 is 0 Å². The van der Waals surface area contributed by atoms with Gasteiger partial charge in [0.05, 0.1) is 0 Å². The van der Waals surface area contributed by atoms with E-state index in [9.17, 15) is 0 Å². The van der Waals surface area contributed by atoms with Crippen molar-refractivity contribution in [1.82, 2.24) is 29.5 Å². The van der Waals surface area contributed by atoms with Gasteiger partial charge in [0.2, 0.25) is 0 Å². The zero-order valence-electron chi connectivity index (χ0n) is 18.4. The molecular formula is C25H31N7. The standard InChI is InChI=1S/C25H31N7/c26-14-23-17-30(16-20-5-2-1-3-6-20)11-12-31(23)10-4-7-21-15-27-25-9-8-22(13-24(21)25)32-18-28-29-19-32/h1-3,5-6,8-9,13,15,18-19,23,27H,4,7,10-12,14,16-17,26H2. The van der Waals surface area contributed by atoms with E-state index in [-0.39, 0.29) is 0 Å². The molecule has 1 aliphatic rings. The number of hydrogen-bond donors (Lipinski definition) is 2. The van der Waals surface area contributed by atoms with E-state index >= 15 is 0 Å². The monoisotopic (exact) mass is 429 g/mol. The first-order valence-electron chi connectivity index (χ1n) is 11.5. The lowest BCUT2D eigenvalue weighted by molar-refractivity contribution is 0.0731. The summed E-state index contributed by atoms with van der Waals surface area (Å²) in [7, 11) is 0. The molecule has 1 fully saturated rings. The summed E-state index contributed by atoms with van der Waals surface area (Å²) in [5, 5.41) is 9.12. The Bertz CT molecular complexity index is 1120. The fraction of sp³-hybridized carbons (Fsp3) is 0.360. The summed E-state index contributed by atoms with van der Waals surface area (Å²) in [6, 6.07) is 17.6. The van der Waals surface area contributed by atoms with Crippen LogP contribution in [0, 0.1) is 0 Å². The number of fused-ring (bicyclic) bond motifs is 1. The Balaban J connectivity index is 1.18. The van der Waals surface area contributed by atoms with Crippen LogP contribution in [0.2, 0.25) is 0 Å². The molecule has 3 heterocycles. The third-order valence-electron chi connectivity index (χ3n) is 6.57. The second-order valence-electron chi connectivity index (χ2n) is 8.66. The van der Waals surface area contributed by atoms with E-state index in [4.69, 9.17) is 5.73 Å². The van der Waals surface area contributed by atoms with Crippen LogP contribution >= 0.6 is 0 Å². The van der Waals surface area contributed by atoms with Gasteiger partial charge in [-0.25, -0.2) is 0 Å². The molecular weight excluding hydrogens is 398 g/mol. The van der Waals surface area contributed by atoms with E-state index in [1.807, 2.05) is 4.57 Å². The molecule has 7 nitrogen and oxygen atoms in total. The first-order chi connectivity index (χ1) is 15.8. The maximum Gasteiger partial charge on any atom is 0.123 e. The van der Waals surface area contributed by atoms with Gasteiger partial charge in [0.25, 0.3) is 0 Å². The van der Waals surface area contributed by atoms with Crippen molar-refractivity contribution in [2.45, 2.75) is 25.4 Å². The Morgan fingerprint density at radius 2 is 1.88 bits per heavy atom. The van der Waals surface area contributed by atoms with Crippen LogP contribution in [0.5, 0.6) is 0 Å². The molecule has 1 unspecified atom stereocenters. The largest absolute Gasteiger partial charge is 0.361 e.